The van der Waals surface area contributed by atoms with E-state index in [2.05, 4.69) is 30.2 Å². The number of carbonyl (C=O) groups excluding carboxylic acids is 1. The third-order valence-corrected chi connectivity index (χ3v) is 4.96. The maximum absolute atomic E-state index is 11.6. The molecule has 0 radical (unpaired) electrons. The molecule has 1 amide bonds. The summed E-state index contributed by atoms with van der Waals surface area (Å²) in [4.78, 5) is 16.2. The highest BCUT2D eigenvalue weighted by atomic mass is 32.1. The van der Waals surface area contributed by atoms with Crippen molar-refractivity contribution in [2.24, 2.45) is 7.05 Å². The van der Waals surface area contributed by atoms with Gasteiger partial charge in [-0.05, 0) is 18.9 Å². The first-order valence-electron chi connectivity index (χ1n) is 7.93. The molecule has 0 saturated heterocycles. The Morgan fingerprint density at radius 1 is 1.42 bits per heavy atom. The molecule has 0 saturated carbocycles. The van der Waals surface area contributed by atoms with E-state index in [-0.39, 0.29) is 5.91 Å². The van der Waals surface area contributed by atoms with Crippen LogP contribution in [0.2, 0.25) is 0 Å². The van der Waals surface area contributed by atoms with Crippen molar-refractivity contribution in [3.8, 4) is 5.88 Å². The predicted molar refractivity (Wildman–Crippen MR) is 97.8 cm³/mol. The van der Waals surface area contributed by atoms with Crippen LogP contribution in [0.1, 0.15) is 30.1 Å². The van der Waals surface area contributed by atoms with Gasteiger partial charge in [-0.3, -0.25) is 4.79 Å². The zero-order valence-corrected chi connectivity index (χ0v) is 15.2. The van der Waals surface area contributed by atoms with Crippen molar-refractivity contribution >= 4 is 33.8 Å². The van der Waals surface area contributed by atoms with Crippen LogP contribution in [0.15, 0.2) is 23.6 Å². The summed E-state index contributed by atoms with van der Waals surface area (Å²) in [6.45, 7) is 6.03. The number of nitrogens with zero attached hydrogens (tertiary/aromatic N) is 2. The van der Waals surface area contributed by atoms with Crippen molar-refractivity contribution in [1.82, 2.24) is 9.55 Å². The van der Waals surface area contributed by atoms with Gasteiger partial charge in [0, 0.05) is 24.7 Å². The summed E-state index contributed by atoms with van der Waals surface area (Å²) in [6, 6.07) is 6.04. The van der Waals surface area contributed by atoms with Crippen molar-refractivity contribution in [1.29, 1.82) is 0 Å². The summed E-state index contributed by atoms with van der Waals surface area (Å²) < 4.78 is 8.03. The Morgan fingerprint density at radius 2 is 2.21 bits per heavy atom. The summed E-state index contributed by atoms with van der Waals surface area (Å²) in [5.74, 6) is 0.538. The predicted octanol–water partition coefficient (Wildman–Crippen LogP) is 4.04. The molecule has 0 atom stereocenters. The third-order valence-electron chi connectivity index (χ3n) is 3.92. The fraction of sp³-hybridized carbons (Fsp3) is 0.333. The molecule has 0 unspecified atom stereocenters. The molecule has 1 aromatic carbocycles. The number of amides is 1. The number of fused-ring (bicyclic) bond motifs is 1. The van der Waals surface area contributed by atoms with Gasteiger partial charge < -0.3 is 14.6 Å². The number of hydrogen-bond donors (Lipinski definition) is 1. The van der Waals surface area contributed by atoms with Crippen molar-refractivity contribution < 1.29 is 9.53 Å². The molecule has 126 valence electrons. The number of aryl methyl sites for hydroxylation is 3. The van der Waals surface area contributed by atoms with E-state index in [0.29, 0.717) is 12.5 Å². The van der Waals surface area contributed by atoms with Gasteiger partial charge in [0.1, 0.15) is 12.3 Å². The fourth-order valence-electron chi connectivity index (χ4n) is 2.88. The number of hydrogen-bond acceptors (Lipinski definition) is 4. The molecule has 2 aromatic heterocycles. The number of nitrogens with one attached hydrogen (secondary N) is 1. The number of benzene rings is 1. The van der Waals surface area contributed by atoms with Gasteiger partial charge in [-0.1, -0.05) is 25.1 Å². The maximum Gasteiger partial charge on any atom is 0.221 e. The molecule has 0 aliphatic rings. The minimum Gasteiger partial charge on any atom is -0.471 e. The van der Waals surface area contributed by atoms with Crippen LogP contribution in [-0.2, 0) is 24.9 Å². The summed E-state index contributed by atoms with van der Waals surface area (Å²) in [5.41, 5.74) is 3.82. The zero-order chi connectivity index (χ0) is 17.3. The van der Waals surface area contributed by atoms with E-state index in [1.165, 1.54) is 6.92 Å². The molecular formula is C18H21N3O2S. The molecule has 1 N–H and O–H groups in total. The number of ether oxygens (including phenoxy) is 1. The lowest BCUT2D eigenvalue weighted by Crippen LogP contribution is -2.08. The summed E-state index contributed by atoms with van der Waals surface area (Å²) in [6.07, 6.45) is 0.926. The van der Waals surface area contributed by atoms with E-state index in [9.17, 15) is 4.79 Å². The molecule has 5 nitrogen and oxygen atoms in total. The number of para-hydroxylation sites is 1. The second-order valence-corrected chi connectivity index (χ2v) is 6.71. The SMILES string of the molecule is CCc1nc(COc2c(NC(C)=O)c3cccc(C)c3n2C)cs1. The average Bonchev–Trinajstić information content (AvgIpc) is 3.10. The lowest BCUT2D eigenvalue weighted by molar-refractivity contribution is -0.114. The molecule has 0 spiro atoms. The number of rotatable bonds is 5. The Labute approximate surface area is 145 Å². The Kier molecular flexibility index (Phi) is 4.57. The molecule has 0 aliphatic heterocycles. The number of thiazole rings is 1. The summed E-state index contributed by atoms with van der Waals surface area (Å²) in [5, 5.41) is 7.02. The van der Waals surface area contributed by atoms with Crippen molar-refractivity contribution in [3.63, 3.8) is 0 Å². The highest BCUT2D eigenvalue weighted by molar-refractivity contribution is 7.09. The van der Waals surface area contributed by atoms with E-state index in [0.717, 1.165) is 39.3 Å². The summed E-state index contributed by atoms with van der Waals surface area (Å²) in [7, 11) is 1.95. The minimum absolute atomic E-state index is 0.115. The van der Waals surface area contributed by atoms with E-state index in [1.807, 2.05) is 29.1 Å². The van der Waals surface area contributed by atoms with Crippen LogP contribution in [-0.4, -0.2) is 15.5 Å². The average molecular weight is 343 g/mol. The maximum atomic E-state index is 11.6. The Hall–Kier alpha value is -2.34. The Bertz CT molecular complexity index is 895. The number of carbonyl (C=O) groups is 1. The van der Waals surface area contributed by atoms with Crippen LogP contribution in [0.4, 0.5) is 5.69 Å². The Morgan fingerprint density at radius 3 is 2.88 bits per heavy atom. The van der Waals surface area contributed by atoms with Crippen LogP contribution in [0.5, 0.6) is 5.88 Å². The first-order valence-corrected chi connectivity index (χ1v) is 8.80. The largest absolute Gasteiger partial charge is 0.471 e. The van der Waals surface area contributed by atoms with Gasteiger partial charge in [0.2, 0.25) is 11.8 Å². The van der Waals surface area contributed by atoms with Gasteiger partial charge in [-0.2, -0.15) is 0 Å². The molecule has 2 heterocycles. The zero-order valence-electron chi connectivity index (χ0n) is 14.3. The lowest BCUT2D eigenvalue weighted by atomic mass is 10.1. The van der Waals surface area contributed by atoms with E-state index in [1.54, 1.807) is 11.3 Å². The van der Waals surface area contributed by atoms with Gasteiger partial charge in [0.05, 0.1) is 16.2 Å². The van der Waals surface area contributed by atoms with Crippen LogP contribution >= 0.6 is 11.3 Å². The number of anilines is 1. The van der Waals surface area contributed by atoms with Crippen molar-refractivity contribution in [3.05, 3.63) is 39.8 Å². The highest BCUT2D eigenvalue weighted by Crippen LogP contribution is 2.38. The van der Waals surface area contributed by atoms with Crippen LogP contribution in [0, 0.1) is 6.92 Å². The van der Waals surface area contributed by atoms with Crippen LogP contribution in [0.3, 0.4) is 0 Å². The monoisotopic (exact) mass is 343 g/mol. The van der Waals surface area contributed by atoms with Gasteiger partial charge in [0.15, 0.2) is 0 Å². The fourth-order valence-corrected chi connectivity index (χ4v) is 3.61. The molecule has 3 aromatic rings. The van der Waals surface area contributed by atoms with Gasteiger partial charge in [0.25, 0.3) is 0 Å². The molecule has 0 bridgehead atoms. The van der Waals surface area contributed by atoms with E-state index < -0.39 is 0 Å². The molecule has 24 heavy (non-hydrogen) atoms. The van der Waals surface area contributed by atoms with Crippen LogP contribution < -0.4 is 10.1 Å². The normalized spacial score (nSPS) is 11.0. The highest BCUT2D eigenvalue weighted by Gasteiger charge is 2.19. The first-order chi connectivity index (χ1) is 11.5. The summed E-state index contributed by atoms with van der Waals surface area (Å²) >= 11 is 1.64. The quantitative estimate of drug-likeness (QED) is 0.760. The van der Waals surface area contributed by atoms with E-state index in [4.69, 9.17) is 4.74 Å². The van der Waals surface area contributed by atoms with Gasteiger partial charge in [-0.15, -0.1) is 11.3 Å². The van der Waals surface area contributed by atoms with Crippen molar-refractivity contribution in [2.75, 3.05) is 5.32 Å². The molecule has 3 rings (SSSR count). The minimum atomic E-state index is -0.115. The molecular weight excluding hydrogens is 322 g/mol. The first kappa shape index (κ1) is 16.5. The smallest absolute Gasteiger partial charge is 0.221 e. The van der Waals surface area contributed by atoms with Gasteiger partial charge in [-0.25, -0.2) is 4.98 Å². The second-order valence-electron chi connectivity index (χ2n) is 5.77. The number of aromatic nitrogens is 2. The molecule has 0 aliphatic carbocycles. The molecule has 0 fully saturated rings. The third kappa shape index (κ3) is 3.01. The lowest BCUT2D eigenvalue weighted by Gasteiger charge is -2.09. The topological polar surface area (TPSA) is 56.1 Å². The van der Waals surface area contributed by atoms with E-state index >= 15 is 0 Å². The van der Waals surface area contributed by atoms with Gasteiger partial charge >= 0.3 is 0 Å². The van der Waals surface area contributed by atoms with Crippen LogP contribution in [0.25, 0.3) is 10.9 Å². The second kappa shape index (κ2) is 6.65. The Balaban J connectivity index is 2.00. The van der Waals surface area contributed by atoms with Crippen molar-refractivity contribution in [2.45, 2.75) is 33.8 Å². The standard InChI is InChI=1S/C18H21N3O2S/c1-5-15-20-13(10-24-15)9-23-18-16(19-12(3)22)14-8-6-7-11(2)17(14)21(18)4/h6-8,10H,5,9H2,1-4H3,(H,19,22). The molecule has 6 heteroatoms.